The molecule has 0 saturated carbocycles. The van der Waals surface area contributed by atoms with E-state index in [1.165, 1.54) is 0 Å². The molecule has 3 N–H and O–H groups in total. The van der Waals surface area contributed by atoms with E-state index in [9.17, 15) is 4.79 Å². The highest BCUT2D eigenvalue weighted by Crippen LogP contribution is 2.20. The number of nitrogens with two attached hydrogens (primary N) is 1. The number of benzene rings is 1. The van der Waals surface area contributed by atoms with Crippen molar-refractivity contribution in [1.82, 2.24) is 0 Å². The molecule has 3 nitrogen and oxygen atoms in total. The lowest BCUT2D eigenvalue weighted by atomic mass is 10.1. The SMILES string of the molecule is CCc1cccc(C)c1NC(=O)C(C)N.Cl. The van der Waals surface area contributed by atoms with Gasteiger partial charge >= 0.3 is 0 Å². The maximum atomic E-state index is 11.5. The summed E-state index contributed by atoms with van der Waals surface area (Å²) in [6, 6.07) is 5.52. The molecule has 0 heterocycles. The molecule has 0 aromatic heterocycles. The number of carbonyl (C=O) groups excluding carboxylic acids is 1. The summed E-state index contributed by atoms with van der Waals surface area (Å²) in [5.74, 6) is -0.140. The molecular formula is C12H19ClN2O. The van der Waals surface area contributed by atoms with Crippen molar-refractivity contribution < 1.29 is 4.79 Å². The van der Waals surface area contributed by atoms with E-state index in [-0.39, 0.29) is 18.3 Å². The molecule has 0 aliphatic carbocycles. The van der Waals surface area contributed by atoms with Gasteiger partial charge in [-0.15, -0.1) is 12.4 Å². The summed E-state index contributed by atoms with van der Waals surface area (Å²) in [6.07, 6.45) is 0.899. The molecule has 1 rings (SSSR count). The summed E-state index contributed by atoms with van der Waals surface area (Å²) in [6.45, 7) is 5.73. The number of para-hydroxylation sites is 1. The van der Waals surface area contributed by atoms with E-state index in [4.69, 9.17) is 5.73 Å². The van der Waals surface area contributed by atoms with Gasteiger partial charge in [-0.25, -0.2) is 0 Å². The van der Waals surface area contributed by atoms with Crippen LogP contribution in [0.3, 0.4) is 0 Å². The number of hydrogen-bond donors (Lipinski definition) is 2. The van der Waals surface area contributed by atoms with Gasteiger partial charge in [-0.2, -0.15) is 0 Å². The molecule has 0 aliphatic rings. The van der Waals surface area contributed by atoms with Gasteiger partial charge in [-0.05, 0) is 31.4 Å². The number of nitrogens with one attached hydrogen (secondary N) is 1. The zero-order valence-corrected chi connectivity index (χ0v) is 10.7. The Kier molecular flexibility index (Phi) is 6.08. The second-order valence-corrected chi connectivity index (χ2v) is 3.74. The summed E-state index contributed by atoms with van der Waals surface area (Å²) in [4.78, 5) is 11.5. The number of hydrogen-bond acceptors (Lipinski definition) is 2. The van der Waals surface area contributed by atoms with Gasteiger partial charge in [0.1, 0.15) is 0 Å². The topological polar surface area (TPSA) is 55.1 Å². The Bertz CT molecular complexity index is 364. The van der Waals surface area contributed by atoms with Crippen LogP contribution in [0, 0.1) is 6.92 Å². The van der Waals surface area contributed by atoms with Gasteiger partial charge in [0.15, 0.2) is 0 Å². The Morgan fingerprint density at radius 3 is 2.62 bits per heavy atom. The number of carbonyl (C=O) groups is 1. The molecule has 1 atom stereocenters. The highest BCUT2D eigenvalue weighted by molar-refractivity contribution is 5.95. The van der Waals surface area contributed by atoms with Crippen molar-refractivity contribution in [2.75, 3.05) is 5.32 Å². The lowest BCUT2D eigenvalue weighted by Gasteiger charge is -2.14. The summed E-state index contributed by atoms with van der Waals surface area (Å²) in [5, 5.41) is 2.87. The lowest BCUT2D eigenvalue weighted by Crippen LogP contribution is -2.33. The van der Waals surface area contributed by atoms with Gasteiger partial charge in [0, 0.05) is 5.69 Å². The largest absolute Gasteiger partial charge is 0.324 e. The van der Waals surface area contributed by atoms with Crippen molar-refractivity contribution in [1.29, 1.82) is 0 Å². The van der Waals surface area contributed by atoms with E-state index < -0.39 is 6.04 Å². The average Bonchev–Trinajstić information content (AvgIpc) is 2.20. The predicted molar refractivity (Wildman–Crippen MR) is 70.1 cm³/mol. The fourth-order valence-corrected chi connectivity index (χ4v) is 1.44. The summed E-state index contributed by atoms with van der Waals surface area (Å²) < 4.78 is 0. The van der Waals surface area contributed by atoms with E-state index in [1.807, 2.05) is 25.1 Å². The van der Waals surface area contributed by atoms with Crippen LogP contribution in [0.4, 0.5) is 5.69 Å². The third-order valence-electron chi connectivity index (χ3n) is 2.40. The molecule has 90 valence electrons. The van der Waals surface area contributed by atoms with Gasteiger partial charge in [0.05, 0.1) is 6.04 Å². The zero-order valence-electron chi connectivity index (χ0n) is 9.91. The normalized spacial score (nSPS) is 11.5. The highest BCUT2D eigenvalue weighted by Gasteiger charge is 2.11. The first-order chi connectivity index (χ1) is 7.06. The number of anilines is 1. The predicted octanol–water partition coefficient (Wildman–Crippen LogP) is 2.26. The molecule has 1 unspecified atom stereocenters. The molecular weight excluding hydrogens is 224 g/mol. The maximum Gasteiger partial charge on any atom is 0.241 e. The van der Waals surface area contributed by atoms with Gasteiger partial charge < -0.3 is 11.1 Å². The van der Waals surface area contributed by atoms with Crippen LogP contribution in [0.15, 0.2) is 18.2 Å². The first-order valence-corrected chi connectivity index (χ1v) is 5.21. The van der Waals surface area contributed by atoms with Gasteiger partial charge in [0.25, 0.3) is 0 Å². The zero-order chi connectivity index (χ0) is 11.4. The van der Waals surface area contributed by atoms with Crippen LogP contribution in [0.2, 0.25) is 0 Å². The summed E-state index contributed by atoms with van der Waals surface area (Å²) in [5.41, 5.74) is 8.63. The Hall–Kier alpha value is -1.06. The van der Waals surface area contributed by atoms with Gasteiger partial charge in [-0.1, -0.05) is 25.1 Å². The van der Waals surface area contributed by atoms with E-state index in [1.54, 1.807) is 6.92 Å². The van der Waals surface area contributed by atoms with Crippen LogP contribution in [0.25, 0.3) is 0 Å². The second kappa shape index (κ2) is 6.51. The minimum atomic E-state index is -0.477. The minimum absolute atomic E-state index is 0. The Morgan fingerprint density at radius 2 is 2.12 bits per heavy atom. The van der Waals surface area contributed by atoms with Crippen LogP contribution >= 0.6 is 12.4 Å². The molecule has 1 aromatic rings. The third kappa shape index (κ3) is 3.51. The minimum Gasteiger partial charge on any atom is -0.324 e. The molecule has 0 fully saturated rings. The number of aryl methyl sites for hydroxylation is 2. The fourth-order valence-electron chi connectivity index (χ4n) is 1.44. The second-order valence-electron chi connectivity index (χ2n) is 3.74. The van der Waals surface area contributed by atoms with Crippen LogP contribution in [-0.2, 0) is 11.2 Å². The molecule has 1 amide bonds. The Morgan fingerprint density at radius 1 is 1.50 bits per heavy atom. The highest BCUT2D eigenvalue weighted by atomic mass is 35.5. The van der Waals surface area contributed by atoms with Crippen molar-refractivity contribution in [2.45, 2.75) is 33.2 Å². The lowest BCUT2D eigenvalue weighted by molar-refractivity contribution is -0.117. The van der Waals surface area contributed by atoms with Crippen LogP contribution in [-0.4, -0.2) is 11.9 Å². The molecule has 16 heavy (non-hydrogen) atoms. The van der Waals surface area contributed by atoms with E-state index in [2.05, 4.69) is 12.2 Å². The Balaban J connectivity index is 0.00000225. The molecule has 0 bridgehead atoms. The molecule has 0 radical (unpaired) electrons. The molecule has 4 heteroatoms. The smallest absolute Gasteiger partial charge is 0.241 e. The third-order valence-corrected chi connectivity index (χ3v) is 2.40. The Labute approximate surface area is 103 Å². The fraction of sp³-hybridized carbons (Fsp3) is 0.417. The standard InChI is InChI=1S/C12H18N2O.ClH/c1-4-10-7-5-6-8(2)11(10)14-12(15)9(3)13;/h5-7,9H,4,13H2,1-3H3,(H,14,15);1H. The van der Waals surface area contributed by atoms with Crippen molar-refractivity contribution in [3.8, 4) is 0 Å². The molecule has 1 aromatic carbocycles. The number of rotatable bonds is 3. The van der Waals surface area contributed by atoms with Crippen LogP contribution in [0.1, 0.15) is 25.0 Å². The number of halogens is 1. The van der Waals surface area contributed by atoms with Crippen molar-refractivity contribution >= 4 is 24.0 Å². The molecule has 0 aliphatic heterocycles. The number of amides is 1. The van der Waals surface area contributed by atoms with Crippen molar-refractivity contribution in [3.05, 3.63) is 29.3 Å². The summed E-state index contributed by atoms with van der Waals surface area (Å²) >= 11 is 0. The van der Waals surface area contributed by atoms with E-state index in [0.717, 1.165) is 23.2 Å². The van der Waals surface area contributed by atoms with Crippen molar-refractivity contribution in [3.63, 3.8) is 0 Å². The first kappa shape index (κ1) is 14.9. The monoisotopic (exact) mass is 242 g/mol. The molecule has 0 saturated heterocycles. The van der Waals surface area contributed by atoms with E-state index in [0.29, 0.717) is 0 Å². The van der Waals surface area contributed by atoms with Gasteiger partial charge in [-0.3, -0.25) is 4.79 Å². The van der Waals surface area contributed by atoms with Crippen molar-refractivity contribution in [2.24, 2.45) is 5.73 Å². The van der Waals surface area contributed by atoms with Crippen LogP contribution in [0.5, 0.6) is 0 Å². The van der Waals surface area contributed by atoms with Gasteiger partial charge in [0.2, 0.25) is 5.91 Å². The first-order valence-electron chi connectivity index (χ1n) is 5.21. The molecule has 0 spiro atoms. The van der Waals surface area contributed by atoms with E-state index >= 15 is 0 Å². The quantitative estimate of drug-likeness (QED) is 0.854. The maximum absolute atomic E-state index is 11.5. The average molecular weight is 243 g/mol. The summed E-state index contributed by atoms with van der Waals surface area (Å²) in [7, 11) is 0. The van der Waals surface area contributed by atoms with Crippen LogP contribution < -0.4 is 11.1 Å².